The van der Waals surface area contributed by atoms with Crippen molar-refractivity contribution < 1.29 is 0 Å². The first kappa shape index (κ1) is 12.6. The Morgan fingerprint density at radius 2 is 1.75 bits per heavy atom. The molecule has 3 aromatic rings. The summed E-state index contributed by atoms with van der Waals surface area (Å²) >= 11 is 5.86. The van der Waals surface area contributed by atoms with E-state index in [1.54, 1.807) is 4.68 Å². The van der Waals surface area contributed by atoms with E-state index in [9.17, 15) is 0 Å². The van der Waals surface area contributed by atoms with Gasteiger partial charge in [-0.05, 0) is 40.3 Å². The van der Waals surface area contributed by atoms with Gasteiger partial charge >= 0.3 is 0 Å². The molecular formula is C14H12ClN5. The van der Waals surface area contributed by atoms with Gasteiger partial charge in [0.1, 0.15) is 0 Å². The standard InChI is InChI=1S/C14H12ClN5/c15-12-8-6-11(7-9-12)10-16-14-17-18-19-20(14)13-4-2-1-3-5-13/h1-9H,10H2,(H,16,17,19). The number of tetrazole rings is 1. The number of aromatic nitrogens is 4. The number of nitrogens with zero attached hydrogens (tertiary/aromatic N) is 4. The smallest absolute Gasteiger partial charge is 0.248 e. The summed E-state index contributed by atoms with van der Waals surface area (Å²) < 4.78 is 1.66. The van der Waals surface area contributed by atoms with Crippen molar-refractivity contribution in [3.63, 3.8) is 0 Å². The fourth-order valence-corrected chi connectivity index (χ4v) is 1.95. The molecule has 0 saturated carbocycles. The van der Waals surface area contributed by atoms with Crippen molar-refractivity contribution in [3.8, 4) is 5.69 Å². The maximum Gasteiger partial charge on any atom is 0.248 e. The van der Waals surface area contributed by atoms with Gasteiger partial charge in [-0.1, -0.05) is 47.0 Å². The van der Waals surface area contributed by atoms with Crippen molar-refractivity contribution in [3.05, 3.63) is 65.2 Å². The molecule has 1 heterocycles. The highest BCUT2D eigenvalue weighted by Crippen LogP contribution is 2.13. The molecule has 0 spiro atoms. The zero-order valence-corrected chi connectivity index (χ0v) is 11.3. The molecule has 20 heavy (non-hydrogen) atoms. The summed E-state index contributed by atoms with van der Waals surface area (Å²) in [5.41, 5.74) is 2.02. The lowest BCUT2D eigenvalue weighted by atomic mass is 10.2. The van der Waals surface area contributed by atoms with Gasteiger partial charge in [-0.25, -0.2) is 0 Å². The number of hydrogen-bond acceptors (Lipinski definition) is 4. The molecule has 0 aliphatic carbocycles. The lowest BCUT2D eigenvalue weighted by molar-refractivity contribution is 0.789. The number of rotatable bonds is 4. The van der Waals surface area contributed by atoms with Crippen LogP contribution >= 0.6 is 11.6 Å². The van der Waals surface area contributed by atoms with Crippen LogP contribution in [0.1, 0.15) is 5.56 Å². The van der Waals surface area contributed by atoms with Gasteiger partial charge in [-0.2, -0.15) is 4.68 Å². The quantitative estimate of drug-likeness (QED) is 0.801. The second kappa shape index (κ2) is 5.71. The molecule has 0 fully saturated rings. The molecule has 0 radical (unpaired) electrons. The predicted octanol–water partition coefficient (Wildman–Crippen LogP) is 2.93. The van der Waals surface area contributed by atoms with Crippen LogP contribution < -0.4 is 5.32 Å². The Hall–Kier alpha value is -2.40. The van der Waals surface area contributed by atoms with Crippen LogP contribution in [0.25, 0.3) is 5.69 Å². The minimum Gasteiger partial charge on any atom is -0.349 e. The van der Waals surface area contributed by atoms with E-state index >= 15 is 0 Å². The van der Waals surface area contributed by atoms with E-state index in [2.05, 4.69) is 20.8 Å². The lowest BCUT2D eigenvalue weighted by Gasteiger charge is -2.07. The van der Waals surface area contributed by atoms with Crippen LogP contribution in [0, 0.1) is 0 Å². The van der Waals surface area contributed by atoms with Gasteiger partial charge in [0.05, 0.1) is 5.69 Å². The van der Waals surface area contributed by atoms with Crippen LogP contribution in [0.15, 0.2) is 54.6 Å². The van der Waals surface area contributed by atoms with Gasteiger partial charge in [0.25, 0.3) is 0 Å². The molecule has 0 aliphatic heterocycles. The summed E-state index contributed by atoms with van der Waals surface area (Å²) in [7, 11) is 0. The molecule has 0 amide bonds. The Morgan fingerprint density at radius 3 is 2.50 bits per heavy atom. The molecule has 2 aromatic carbocycles. The van der Waals surface area contributed by atoms with Crippen molar-refractivity contribution in [1.82, 2.24) is 20.2 Å². The molecule has 0 saturated heterocycles. The Balaban J connectivity index is 1.76. The van der Waals surface area contributed by atoms with Crippen molar-refractivity contribution in [2.24, 2.45) is 0 Å². The number of para-hydroxylation sites is 1. The van der Waals surface area contributed by atoms with Gasteiger partial charge in [-0.15, -0.1) is 0 Å². The molecular weight excluding hydrogens is 274 g/mol. The topological polar surface area (TPSA) is 55.6 Å². The Kier molecular flexibility index (Phi) is 3.60. The third-order valence-electron chi connectivity index (χ3n) is 2.83. The van der Waals surface area contributed by atoms with Gasteiger partial charge < -0.3 is 5.32 Å². The number of anilines is 1. The Morgan fingerprint density at radius 1 is 1.00 bits per heavy atom. The fraction of sp³-hybridized carbons (Fsp3) is 0.0714. The van der Waals surface area contributed by atoms with E-state index in [4.69, 9.17) is 11.6 Å². The van der Waals surface area contributed by atoms with Crippen molar-refractivity contribution in [2.75, 3.05) is 5.32 Å². The number of nitrogens with one attached hydrogen (secondary N) is 1. The molecule has 3 rings (SSSR count). The van der Waals surface area contributed by atoms with E-state index in [0.29, 0.717) is 12.5 Å². The minimum absolute atomic E-state index is 0.603. The van der Waals surface area contributed by atoms with E-state index in [-0.39, 0.29) is 0 Å². The van der Waals surface area contributed by atoms with E-state index in [1.165, 1.54) is 0 Å². The first-order valence-electron chi connectivity index (χ1n) is 6.15. The summed E-state index contributed by atoms with van der Waals surface area (Å²) in [4.78, 5) is 0. The highest BCUT2D eigenvalue weighted by atomic mass is 35.5. The highest BCUT2D eigenvalue weighted by Gasteiger charge is 2.06. The normalized spacial score (nSPS) is 10.4. The van der Waals surface area contributed by atoms with Crippen LogP contribution in [0.5, 0.6) is 0 Å². The molecule has 6 heteroatoms. The predicted molar refractivity (Wildman–Crippen MR) is 77.9 cm³/mol. The number of halogens is 1. The van der Waals surface area contributed by atoms with Gasteiger partial charge in [0, 0.05) is 11.6 Å². The largest absolute Gasteiger partial charge is 0.349 e. The summed E-state index contributed by atoms with van der Waals surface area (Å²) in [6.07, 6.45) is 0. The first-order valence-corrected chi connectivity index (χ1v) is 6.53. The molecule has 100 valence electrons. The molecule has 0 aliphatic rings. The first-order chi connectivity index (χ1) is 9.83. The summed E-state index contributed by atoms with van der Waals surface area (Å²) in [5, 5.41) is 15.6. The summed E-state index contributed by atoms with van der Waals surface area (Å²) in [6, 6.07) is 17.4. The fourth-order valence-electron chi connectivity index (χ4n) is 1.82. The molecule has 0 bridgehead atoms. The molecule has 1 aromatic heterocycles. The summed E-state index contributed by atoms with van der Waals surface area (Å²) in [5.74, 6) is 0.603. The molecule has 5 nitrogen and oxygen atoms in total. The van der Waals surface area contributed by atoms with Crippen molar-refractivity contribution in [2.45, 2.75) is 6.54 Å². The zero-order valence-electron chi connectivity index (χ0n) is 10.6. The van der Waals surface area contributed by atoms with Crippen LogP contribution in [-0.4, -0.2) is 20.2 Å². The Labute approximate surface area is 121 Å². The van der Waals surface area contributed by atoms with E-state index in [1.807, 2.05) is 54.6 Å². The third-order valence-corrected chi connectivity index (χ3v) is 3.09. The second-order valence-electron chi connectivity index (χ2n) is 4.23. The van der Waals surface area contributed by atoms with Crippen molar-refractivity contribution in [1.29, 1.82) is 0 Å². The van der Waals surface area contributed by atoms with Crippen LogP contribution in [-0.2, 0) is 6.54 Å². The van der Waals surface area contributed by atoms with E-state index < -0.39 is 0 Å². The number of hydrogen-bond donors (Lipinski definition) is 1. The monoisotopic (exact) mass is 285 g/mol. The second-order valence-corrected chi connectivity index (χ2v) is 4.67. The Bertz CT molecular complexity index is 678. The molecule has 0 unspecified atom stereocenters. The lowest BCUT2D eigenvalue weighted by Crippen LogP contribution is -2.07. The number of benzene rings is 2. The van der Waals surface area contributed by atoms with Crippen LogP contribution in [0.2, 0.25) is 5.02 Å². The van der Waals surface area contributed by atoms with Crippen LogP contribution in [0.4, 0.5) is 5.95 Å². The SMILES string of the molecule is Clc1ccc(CNc2nnnn2-c2ccccc2)cc1. The van der Waals surface area contributed by atoms with Gasteiger partial charge in [-0.3, -0.25) is 0 Å². The average molecular weight is 286 g/mol. The highest BCUT2D eigenvalue weighted by molar-refractivity contribution is 6.30. The van der Waals surface area contributed by atoms with Gasteiger partial charge in [0.2, 0.25) is 5.95 Å². The molecule has 1 N–H and O–H groups in total. The van der Waals surface area contributed by atoms with Crippen LogP contribution in [0.3, 0.4) is 0 Å². The summed E-state index contributed by atoms with van der Waals surface area (Å²) in [6.45, 7) is 0.629. The molecule has 0 atom stereocenters. The van der Waals surface area contributed by atoms with Gasteiger partial charge in [0.15, 0.2) is 0 Å². The van der Waals surface area contributed by atoms with E-state index in [0.717, 1.165) is 16.3 Å². The maximum absolute atomic E-state index is 5.86. The van der Waals surface area contributed by atoms with Crippen molar-refractivity contribution >= 4 is 17.5 Å². The minimum atomic E-state index is 0.603. The third kappa shape index (κ3) is 2.78. The zero-order chi connectivity index (χ0) is 13.8. The average Bonchev–Trinajstić information content (AvgIpc) is 2.96. The maximum atomic E-state index is 5.86.